The van der Waals surface area contributed by atoms with Gasteiger partial charge in [-0.25, -0.2) is 12.8 Å². The van der Waals surface area contributed by atoms with Gasteiger partial charge in [0.25, 0.3) is 0 Å². The van der Waals surface area contributed by atoms with E-state index in [0.717, 1.165) is 11.8 Å². The van der Waals surface area contributed by atoms with Crippen molar-refractivity contribution in [1.82, 2.24) is 4.31 Å². The summed E-state index contributed by atoms with van der Waals surface area (Å²) in [7, 11) is -2.24. The second-order valence-electron chi connectivity index (χ2n) is 7.09. The van der Waals surface area contributed by atoms with Crippen LogP contribution in [0.2, 0.25) is 0 Å². The number of nitrogens with one attached hydrogen (secondary N) is 1. The Bertz CT molecular complexity index is 939. The average molecular weight is 421 g/mol. The van der Waals surface area contributed by atoms with Crippen LogP contribution in [0.5, 0.6) is 5.75 Å². The van der Waals surface area contributed by atoms with Crippen LogP contribution in [-0.4, -0.2) is 38.8 Å². The molecule has 1 saturated heterocycles. The normalized spacial score (nSPS) is 15.8. The predicted molar refractivity (Wildman–Crippen MR) is 109 cm³/mol. The summed E-state index contributed by atoms with van der Waals surface area (Å²) in [4.78, 5) is 11.9. The third-order valence-corrected chi connectivity index (χ3v) is 7.11. The zero-order chi connectivity index (χ0) is 20.9. The first kappa shape index (κ1) is 21.3. The summed E-state index contributed by atoms with van der Waals surface area (Å²) >= 11 is 0. The van der Waals surface area contributed by atoms with Gasteiger partial charge in [-0.3, -0.25) is 4.79 Å². The van der Waals surface area contributed by atoms with E-state index in [-0.39, 0.29) is 16.7 Å². The van der Waals surface area contributed by atoms with Crippen LogP contribution in [0.25, 0.3) is 0 Å². The second-order valence-corrected chi connectivity index (χ2v) is 9.00. The van der Waals surface area contributed by atoms with E-state index in [2.05, 4.69) is 5.32 Å². The summed E-state index contributed by atoms with van der Waals surface area (Å²) in [5, 5.41) is 2.85. The molecule has 1 N–H and O–H groups in total. The number of rotatable bonds is 7. The zero-order valence-electron chi connectivity index (χ0n) is 16.3. The van der Waals surface area contributed by atoms with Gasteiger partial charge in [0.05, 0.1) is 7.11 Å². The number of carbonyl (C=O) groups is 1. The monoisotopic (exact) mass is 420 g/mol. The summed E-state index contributed by atoms with van der Waals surface area (Å²) < 4.78 is 45.6. The van der Waals surface area contributed by atoms with E-state index in [4.69, 9.17) is 4.74 Å². The molecule has 0 spiro atoms. The van der Waals surface area contributed by atoms with Gasteiger partial charge in [-0.2, -0.15) is 4.31 Å². The Balaban J connectivity index is 1.47. The van der Waals surface area contributed by atoms with Gasteiger partial charge in [0.15, 0.2) is 0 Å². The predicted octanol–water partition coefficient (Wildman–Crippen LogP) is 3.65. The molecule has 29 heavy (non-hydrogen) atoms. The molecule has 156 valence electrons. The molecule has 0 bridgehead atoms. The van der Waals surface area contributed by atoms with Crippen LogP contribution in [0.3, 0.4) is 0 Å². The highest BCUT2D eigenvalue weighted by atomic mass is 32.2. The molecular weight excluding hydrogens is 395 g/mol. The molecule has 0 atom stereocenters. The van der Waals surface area contributed by atoms with E-state index in [9.17, 15) is 17.6 Å². The Morgan fingerprint density at radius 1 is 1.14 bits per heavy atom. The van der Waals surface area contributed by atoms with E-state index in [1.165, 1.54) is 22.5 Å². The zero-order valence-corrected chi connectivity index (χ0v) is 17.1. The summed E-state index contributed by atoms with van der Waals surface area (Å²) in [6.07, 6.45) is 2.37. The van der Waals surface area contributed by atoms with Crippen molar-refractivity contribution in [1.29, 1.82) is 0 Å². The molecule has 3 rings (SSSR count). The molecule has 8 heteroatoms. The Kier molecular flexibility index (Phi) is 6.87. The number of methoxy groups -OCH3 is 1. The average Bonchev–Trinajstić information content (AvgIpc) is 2.73. The fourth-order valence-electron chi connectivity index (χ4n) is 3.46. The highest BCUT2D eigenvalue weighted by Gasteiger charge is 2.31. The summed E-state index contributed by atoms with van der Waals surface area (Å²) in [5.74, 6) is 0.185. The van der Waals surface area contributed by atoms with Gasteiger partial charge in [0.2, 0.25) is 15.9 Å². The topological polar surface area (TPSA) is 75.7 Å². The number of halogens is 1. The van der Waals surface area contributed by atoms with E-state index in [0.29, 0.717) is 44.5 Å². The first-order valence-corrected chi connectivity index (χ1v) is 11.0. The van der Waals surface area contributed by atoms with Crippen molar-refractivity contribution in [2.24, 2.45) is 5.92 Å². The van der Waals surface area contributed by atoms with Crippen LogP contribution in [0, 0.1) is 11.7 Å². The molecule has 1 fully saturated rings. The van der Waals surface area contributed by atoms with E-state index < -0.39 is 15.8 Å². The number of benzene rings is 2. The summed E-state index contributed by atoms with van der Waals surface area (Å²) in [6.45, 7) is 0.670. The Labute approximate surface area is 170 Å². The van der Waals surface area contributed by atoms with Crippen LogP contribution in [0.15, 0.2) is 53.4 Å². The van der Waals surface area contributed by atoms with Gasteiger partial charge in [0.1, 0.15) is 16.5 Å². The number of ether oxygens (including phenoxy) is 1. The molecule has 0 radical (unpaired) electrons. The maximum Gasteiger partial charge on any atom is 0.245 e. The number of hydrogen-bond donors (Lipinski definition) is 1. The summed E-state index contributed by atoms with van der Waals surface area (Å²) in [5.41, 5.74) is 0.710. The van der Waals surface area contributed by atoms with E-state index >= 15 is 0 Å². The van der Waals surface area contributed by atoms with Crippen LogP contribution in [-0.2, 0) is 14.8 Å². The Morgan fingerprint density at radius 2 is 1.79 bits per heavy atom. The van der Waals surface area contributed by atoms with Crippen LogP contribution in [0.4, 0.5) is 10.1 Å². The SMILES string of the molecule is COc1ccc(NC(=O)CCC2CCN(S(=O)(=O)c3ccccc3F)CC2)cc1. The van der Waals surface area contributed by atoms with Gasteiger partial charge in [0, 0.05) is 25.2 Å². The van der Waals surface area contributed by atoms with Crippen LogP contribution < -0.4 is 10.1 Å². The maximum atomic E-state index is 13.9. The van der Waals surface area contributed by atoms with Crippen molar-refractivity contribution < 1.29 is 22.3 Å². The molecule has 0 aliphatic carbocycles. The number of piperidine rings is 1. The molecule has 1 aliphatic heterocycles. The third-order valence-electron chi connectivity index (χ3n) is 5.18. The lowest BCUT2D eigenvalue weighted by molar-refractivity contribution is -0.116. The molecule has 1 amide bonds. The molecule has 1 aliphatic rings. The largest absolute Gasteiger partial charge is 0.497 e. The minimum atomic E-state index is -3.83. The van der Waals surface area contributed by atoms with Crippen molar-refractivity contribution >= 4 is 21.6 Å². The van der Waals surface area contributed by atoms with Crippen molar-refractivity contribution in [3.8, 4) is 5.75 Å². The summed E-state index contributed by atoms with van der Waals surface area (Å²) in [6, 6.07) is 12.6. The quantitative estimate of drug-likeness (QED) is 0.742. The van der Waals surface area contributed by atoms with E-state index in [1.54, 1.807) is 31.4 Å². The highest BCUT2D eigenvalue weighted by molar-refractivity contribution is 7.89. The lowest BCUT2D eigenvalue weighted by Gasteiger charge is -2.31. The molecule has 0 aromatic heterocycles. The molecule has 6 nitrogen and oxygen atoms in total. The lowest BCUT2D eigenvalue weighted by atomic mass is 9.93. The lowest BCUT2D eigenvalue weighted by Crippen LogP contribution is -2.38. The Hall–Kier alpha value is -2.45. The van der Waals surface area contributed by atoms with Gasteiger partial charge in [-0.1, -0.05) is 12.1 Å². The highest BCUT2D eigenvalue weighted by Crippen LogP contribution is 2.27. The minimum Gasteiger partial charge on any atom is -0.497 e. The number of sulfonamides is 1. The van der Waals surface area contributed by atoms with Gasteiger partial charge >= 0.3 is 0 Å². The number of hydrogen-bond acceptors (Lipinski definition) is 4. The van der Waals surface area contributed by atoms with E-state index in [1.807, 2.05) is 0 Å². The molecule has 1 heterocycles. The molecule has 2 aromatic rings. The van der Waals surface area contributed by atoms with Crippen LogP contribution in [0.1, 0.15) is 25.7 Å². The number of amides is 1. The fraction of sp³-hybridized carbons (Fsp3) is 0.381. The van der Waals surface area contributed by atoms with Gasteiger partial charge in [-0.15, -0.1) is 0 Å². The molecule has 2 aromatic carbocycles. The molecule has 0 saturated carbocycles. The standard InChI is InChI=1S/C21H25FN2O4S/c1-28-18-9-7-17(8-10-18)23-21(25)11-6-16-12-14-24(15-13-16)29(26,27)20-5-3-2-4-19(20)22/h2-5,7-10,16H,6,11-15H2,1H3,(H,23,25). The van der Waals surface area contributed by atoms with Crippen molar-refractivity contribution in [3.63, 3.8) is 0 Å². The number of carbonyl (C=O) groups excluding carboxylic acids is 1. The fourth-order valence-corrected chi connectivity index (χ4v) is 5.00. The smallest absolute Gasteiger partial charge is 0.245 e. The second kappa shape index (κ2) is 9.37. The van der Waals surface area contributed by atoms with Gasteiger partial charge in [-0.05, 0) is 61.6 Å². The molecule has 0 unspecified atom stereocenters. The maximum absolute atomic E-state index is 13.9. The number of nitrogens with zero attached hydrogens (tertiary/aromatic N) is 1. The first-order chi connectivity index (χ1) is 13.9. The molecular formula is C21H25FN2O4S. The van der Waals surface area contributed by atoms with Crippen molar-refractivity contribution in [3.05, 3.63) is 54.3 Å². The Morgan fingerprint density at radius 3 is 2.41 bits per heavy atom. The van der Waals surface area contributed by atoms with Crippen molar-refractivity contribution in [2.75, 3.05) is 25.5 Å². The van der Waals surface area contributed by atoms with Crippen molar-refractivity contribution in [2.45, 2.75) is 30.6 Å². The first-order valence-electron chi connectivity index (χ1n) is 9.58. The number of anilines is 1. The minimum absolute atomic E-state index is 0.0726. The van der Waals surface area contributed by atoms with Crippen LogP contribution >= 0.6 is 0 Å². The third kappa shape index (κ3) is 5.33. The van der Waals surface area contributed by atoms with Gasteiger partial charge < -0.3 is 10.1 Å².